The average Bonchev–Trinajstić information content (AvgIpc) is 2.47. The molecule has 0 unspecified atom stereocenters. The first-order valence-corrected chi connectivity index (χ1v) is 7.55. The van der Waals surface area contributed by atoms with Crippen molar-refractivity contribution in [1.29, 1.82) is 0 Å². The maximum atomic E-state index is 12.4. The molecule has 0 atom stereocenters. The Labute approximate surface area is 128 Å². The second-order valence-corrected chi connectivity index (χ2v) is 5.95. The van der Waals surface area contributed by atoms with E-state index >= 15 is 0 Å². The summed E-state index contributed by atoms with van der Waals surface area (Å²) in [5.74, 6) is 0.595. The number of hydrogen-bond donors (Lipinski definition) is 2. The molecule has 122 valence electrons. The first-order valence-electron chi connectivity index (χ1n) is 7.55. The van der Waals surface area contributed by atoms with Gasteiger partial charge in [0.05, 0.1) is 12.1 Å². The molecule has 0 aliphatic heterocycles. The monoisotopic (exact) mass is 314 g/mol. The number of anilines is 1. The molecular formula is C16H21F3N2O. The van der Waals surface area contributed by atoms with Gasteiger partial charge in [0.25, 0.3) is 0 Å². The van der Waals surface area contributed by atoms with Gasteiger partial charge in [-0.05, 0) is 55.9 Å². The van der Waals surface area contributed by atoms with Gasteiger partial charge in [0.15, 0.2) is 0 Å². The summed E-state index contributed by atoms with van der Waals surface area (Å²) in [6, 6.07) is 4.89. The molecule has 1 fully saturated rings. The maximum absolute atomic E-state index is 12.4. The zero-order valence-electron chi connectivity index (χ0n) is 12.5. The Bertz CT molecular complexity index is 491. The van der Waals surface area contributed by atoms with E-state index in [1.165, 1.54) is 12.1 Å². The van der Waals surface area contributed by atoms with Crippen LogP contribution < -0.4 is 10.6 Å². The van der Waals surface area contributed by atoms with Crippen molar-refractivity contribution in [2.75, 3.05) is 11.9 Å². The van der Waals surface area contributed by atoms with Crippen LogP contribution in [-0.2, 0) is 11.0 Å². The lowest BCUT2D eigenvalue weighted by Crippen LogP contribution is -2.40. The van der Waals surface area contributed by atoms with E-state index in [1.54, 1.807) is 0 Å². The maximum Gasteiger partial charge on any atom is 0.416 e. The summed E-state index contributed by atoms with van der Waals surface area (Å²) < 4.78 is 37.3. The van der Waals surface area contributed by atoms with Gasteiger partial charge >= 0.3 is 6.18 Å². The quantitative estimate of drug-likeness (QED) is 0.887. The molecule has 1 amide bonds. The van der Waals surface area contributed by atoms with E-state index in [9.17, 15) is 18.0 Å². The van der Waals surface area contributed by atoms with Gasteiger partial charge in [0.2, 0.25) is 5.91 Å². The molecule has 22 heavy (non-hydrogen) atoms. The third-order valence-corrected chi connectivity index (χ3v) is 4.05. The summed E-state index contributed by atoms with van der Waals surface area (Å²) in [7, 11) is 0. The van der Waals surface area contributed by atoms with E-state index in [1.807, 2.05) is 0 Å². The van der Waals surface area contributed by atoms with Gasteiger partial charge in [0, 0.05) is 11.7 Å². The summed E-state index contributed by atoms with van der Waals surface area (Å²) in [6.07, 6.45) is -0.108. The van der Waals surface area contributed by atoms with Crippen LogP contribution in [0.25, 0.3) is 0 Å². The zero-order valence-corrected chi connectivity index (χ0v) is 12.5. The van der Waals surface area contributed by atoms with Gasteiger partial charge in [-0.15, -0.1) is 0 Å². The molecule has 1 aliphatic rings. The summed E-state index contributed by atoms with van der Waals surface area (Å²) in [4.78, 5) is 11.8. The molecule has 3 nitrogen and oxygen atoms in total. The SMILES string of the molecule is CC1CCC(NC(=O)CNc2ccc(C(F)(F)F)cc2)CC1. The number of carbonyl (C=O) groups excluding carboxylic acids is 1. The third kappa shape index (κ3) is 4.93. The van der Waals surface area contributed by atoms with Crippen LogP contribution in [0.1, 0.15) is 38.2 Å². The number of hydrogen-bond acceptors (Lipinski definition) is 2. The van der Waals surface area contributed by atoms with Crippen LogP contribution in [0, 0.1) is 5.92 Å². The number of carbonyl (C=O) groups is 1. The molecule has 1 aromatic rings. The predicted molar refractivity (Wildman–Crippen MR) is 79.5 cm³/mol. The van der Waals surface area contributed by atoms with Crippen molar-refractivity contribution in [3.8, 4) is 0 Å². The van der Waals surface area contributed by atoms with Crippen molar-refractivity contribution in [3.05, 3.63) is 29.8 Å². The number of nitrogens with one attached hydrogen (secondary N) is 2. The van der Waals surface area contributed by atoms with Gasteiger partial charge in [0.1, 0.15) is 0 Å². The molecule has 6 heteroatoms. The average molecular weight is 314 g/mol. The lowest BCUT2D eigenvalue weighted by atomic mass is 9.87. The Kier molecular flexibility index (Phi) is 5.32. The largest absolute Gasteiger partial charge is 0.416 e. The first-order chi connectivity index (χ1) is 10.3. The molecule has 0 bridgehead atoms. The van der Waals surface area contributed by atoms with E-state index in [0.29, 0.717) is 5.69 Å². The summed E-state index contributed by atoms with van der Waals surface area (Å²) in [5, 5.41) is 5.81. The van der Waals surface area contributed by atoms with Gasteiger partial charge in [-0.2, -0.15) is 13.2 Å². The van der Waals surface area contributed by atoms with E-state index in [4.69, 9.17) is 0 Å². The van der Waals surface area contributed by atoms with Crippen molar-refractivity contribution in [2.24, 2.45) is 5.92 Å². The number of halogens is 3. The fraction of sp³-hybridized carbons (Fsp3) is 0.562. The molecule has 2 rings (SSSR count). The minimum absolute atomic E-state index is 0.0669. The smallest absolute Gasteiger partial charge is 0.376 e. The molecular weight excluding hydrogens is 293 g/mol. The summed E-state index contributed by atoms with van der Waals surface area (Å²) in [6.45, 7) is 2.28. The first kappa shape index (κ1) is 16.6. The summed E-state index contributed by atoms with van der Waals surface area (Å²) >= 11 is 0. The highest BCUT2D eigenvalue weighted by Gasteiger charge is 2.29. The molecule has 0 spiro atoms. The second kappa shape index (κ2) is 7.03. The fourth-order valence-electron chi connectivity index (χ4n) is 2.64. The molecule has 2 N–H and O–H groups in total. The van der Waals surface area contributed by atoms with Crippen LogP contribution in [0.5, 0.6) is 0 Å². The Balaban J connectivity index is 1.76. The number of alkyl halides is 3. The van der Waals surface area contributed by atoms with Crippen molar-refractivity contribution >= 4 is 11.6 Å². The van der Waals surface area contributed by atoms with Crippen LogP contribution in [0.4, 0.5) is 18.9 Å². The molecule has 1 aliphatic carbocycles. The van der Waals surface area contributed by atoms with Crippen molar-refractivity contribution in [2.45, 2.75) is 44.8 Å². The van der Waals surface area contributed by atoms with Crippen LogP contribution in [0.2, 0.25) is 0 Å². The number of rotatable bonds is 4. The Morgan fingerprint density at radius 1 is 1.14 bits per heavy atom. The van der Waals surface area contributed by atoms with E-state index in [2.05, 4.69) is 17.6 Å². The Morgan fingerprint density at radius 2 is 1.73 bits per heavy atom. The zero-order chi connectivity index (χ0) is 16.2. The molecule has 0 radical (unpaired) electrons. The molecule has 0 aromatic heterocycles. The van der Waals surface area contributed by atoms with Gasteiger partial charge in [-0.1, -0.05) is 6.92 Å². The van der Waals surface area contributed by atoms with Crippen LogP contribution in [0.15, 0.2) is 24.3 Å². The lowest BCUT2D eigenvalue weighted by molar-refractivity contribution is -0.137. The van der Waals surface area contributed by atoms with Gasteiger partial charge in [-0.25, -0.2) is 0 Å². The minimum Gasteiger partial charge on any atom is -0.376 e. The Hall–Kier alpha value is -1.72. The highest BCUT2D eigenvalue weighted by molar-refractivity contribution is 5.80. The van der Waals surface area contributed by atoms with Crippen LogP contribution in [0.3, 0.4) is 0 Å². The molecule has 1 saturated carbocycles. The number of benzene rings is 1. The highest BCUT2D eigenvalue weighted by Crippen LogP contribution is 2.29. The third-order valence-electron chi connectivity index (χ3n) is 4.05. The van der Waals surface area contributed by atoms with Crippen LogP contribution in [-0.4, -0.2) is 18.5 Å². The topological polar surface area (TPSA) is 41.1 Å². The minimum atomic E-state index is -4.34. The molecule has 1 aromatic carbocycles. The van der Waals surface area contributed by atoms with E-state index in [-0.39, 0.29) is 18.5 Å². The molecule has 0 heterocycles. The number of amides is 1. The van der Waals surface area contributed by atoms with Crippen molar-refractivity contribution in [3.63, 3.8) is 0 Å². The van der Waals surface area contributed by atoms with Crippen molar-refractivity contribution < 1.29 is 18.0 Å². The van der Waals surface area contributed by atoms with Crippen molar-refractivity contribution in [1.82, 2.24) is 5.32 Å². The normalized spacial score (nSPS) is 22.2. The predicted octanol–water partition coefficient (Wildman–Crippen LogP) is 3.81. The lowest BCUT2D eigenvalue weighted by Gasteiger charge is -2.27. The Morgan fingerprint density at radius 3 is 2.27 bits per heavy atom. The highest BCUT2D eigenvalue weighted by atomic mass is 19.4. The summed E-state index contributed by atoms with van der Waals surface area (Å²) in [5.41, 5.74) is -0.195. The van der Waals surface area contributed by atoms with Crippen LogP contribution >= 0.6 is 0 Å². The van der Waals surface area contributed by atoms with Gasteiger partial charge in [-0.3, -0.25) is 4.79 Å². The second-order valence-electron chi connectivity index (χ2n) is 5.95. The standard InChI is InChI=1S/C16H21F3N2O/c1-11-2-6-14(7-3-11)21-15(22)10-20-13-8-4-12(5-9-13)16(17,18)19/h4-5,8-9,11,14,20H,2-3,6-7,10H2,1H3,(H,21,22). The van der Waals surface area contributed by atoms with E-state index in [0.717, 1.165) is 43.7 Å². The fourth-order valence-corrected chi connectivity index (χ4v) is 2.64. The van der Waals surface area contributed by atoms with Gasteiger partial charge < -0.3 is 10.6 Å². The molecule has 0 saturated heterocycles. The van der Waals surface area contributed by atoms with E-state index < -0.39 is 11.7 Å².